The van der Waals surface area contributed by atoms with Crippen molar-refractivity contribution in [2.24, 2.45) is 29.5 Å². The highest BCUT2D eigenvalue weighted by atomic mass is 15.2. The number of rotatable bonds is 4. The second-order valence-corrected chi connectivity index (χ2v) is 5.69. The molecule has 0 amide bonds. The van der Waals surface area contributed by atoms with E-state index < -0.39 is 0 Å². The summed E-state index contributed by atoms with van der Waals surface area (Å²) in [4.78, 5) is 0. The molecule has 0 heterocycles. The van der Waals surface area contributed by atoms with Gasteiger partial charge >= 0.3 is 0 Å². The van der Waals surface area contributed by atoms with Crippen LogP contribution in [0.2, 0.25) is 0 Å². The molecule has 5 atom stereocenters. The maximum Gasteiger partial charge on any atom is 0.0272 e. The number of hydrogen-bond donors (Lipinski definition) is 2. The molecule has 0 radical (unpaired) electrons. The lowest BCUT2D eigenvalue weighted by molar-refractivity contribution is 0.159. The zero-order valence-corrected chi connectivity index (χ0v) is 10.2. The third kappa shape index (κ3) is 2.36. The van der Waals surface area contributed by atoms with E-state index in [-0.39, 0.29) is 0 Å². The van der Waals surface area contributed by atoms with E-state index in [1.807, 2.05) is 0 Å². The molecule has 0 saturated heterocycles. The average Bonchev–Trinajstić information content (AvgIpc) is 2.97. The maximum absolute atomic E-state index is 5.77. The molecule has 2 saturated carbocycles. The lowest BCUT2D eigenvalue weighted by Crippen LogP contribution is -2.46. The molecule has 0 aromatic rings. The van der Waals surface area contributed by atoms with Crippen LogP contribution in [0.5, 0.6) is 0 Å². The van der Waals surface area contributed by atoms with Gasteiger partial charge in [0.2, 0.25) is 0 Å². The fraction of sp³-hybridized carbons (Fsp3) is 1.00. The van der Waals surface area contributed by atoms with Gasteiger partial charge in [0.05, 0.1) is 0 Å². The van der Waals surface area contributed by atoms with Gasteiger partial charge in [-0.1, -0.05) is 39.5 Å². The molecule has 2 fully saturated rings. The van der Waals surface area contributed by atoms with E-state index in [0.29, 0.717) is 6.04 Å². The highest BCUT2D eigenvalue weighted by Crippen LogP contribution is 2.47. The van der Waals surface area contributed by atoms with E-state index in [1.165, 1.54) is 38.5 Å². The molecule has 0 spiro atoms. The Balaban J connectivity index is 1.98. The van der Waals surface area contributed by atoms with Gasteiger partial charge in [0.25, 0.3) is 0 Å². The zero-order valence-electron chi connectivity index (χ0n) is 10.2. The van der Waals surface area contributed by atoms with Crippen LogP contribution in [0, 0.1) is 23.7 Å². The topological polar surface area (TPSA) is 38.0 Å². The van der Waals surface area contributed by atoms with E-state index in [0.717, 1.165) is 23.7 Å². The normalized spacial score (nSPS) is 42.6. The summed E-state index contributed by atoms with van der Waals surface area (Å²) in [6, 6.07) is 0.602. The summed E-state index contributed by atoms with van der Waals surface area (Å²) in [5, 5.41) is 0. The molecule has 0 aromatic carbocycles. The predicted octanol–water partition coefficient (Wildman–Crippen LogP) is 2.69. The second kappa shape index (κ2) is 4.84. The molecule has 2 aliphatic carbocycles. The minimum Gasteiger partial charge on any atom is -0.271 e. The van der Waals surface area contributed by atoms with Gasteiger partial charge in [-0.15, -0.1) is 0 Å². The summed E-state index contributed by atoms with van der Waals surface area (Å²) in [5.74, 6) is 9.32. The van der Waals surface area contributed by atoms with Crippen LogP contribution in [0.4, 0.5) is 0 Å². The molecule has 2 nitrogen and oxygen atoms in total. The summed E-state index contributed by atoms with van der Waals surface area (Å²) >= 11 is 0. The van der Waals surface area contributed by atoms with Gasteiger partial charge in [0.1, 0.15) is 0 Å². The first kappa shape index (κ1) is 11.4. The zero-order chi connectivity index (χ0) is 10.8. The number of hydrogen-bond acceptors (Lipinski definition) is 2. The Morgan fingerprint density at radius 1 is 1.27 bits per heavy atom. The molecule has 0 bridgehead atoms. The summed E-state index contributed by atoms with van der Waals surface area (Å²) in [7, 11) is 0. The third-order valence-corrected chi connectivity index (χ3v) is 4.78. The van der Waals surface area contributed by atoms with Crippen molar-refractivity contribution in [2.75, 3.05) is 0 Å². The van der Waals surface area contributed by atoms with Gasteiger partial charge < -0.3 is 0 Å². The Morgan fingerprint density at radius 3 is 2.47 bits per heavy atom. The fourth-order valence-corrected chi connectivity index (χ4v) is 3.63. The van der Waals surface area contributed by atoms with Gasteiger partial charge in [0, 0.05) is 6.04 Å². The van der Waals surface area contributed by atoms with Crippen LogP contribution in [0.15, 0.2) is 0 Å². The van der Waals surface area contributed by atoms with Crippen LogP contribution >= 0.6 is 0 Å². The first-order valence-electron chi connectivity index (χ1n) is 6.74. The molecule has 88 valence electrons. The monoisotopic (exact) mass is 210 g/mol. The van der Waals surface area contributed by atoms with Gasteiger partial charge in [-0.25, -0.2) is 0 Å². The molecular weight excluding hydrogens is 184 g/mol. The largest absolute Gasteiger partial charge is 0.271 e. The van der Waals surface area contributed by atoms with Crippen LogP contribution in [0.25, 0.3) is 0 Å². The summed E-state index contributed by atoms with van der Waals surface area (Å²) < 4.78 is 0. The Kier molecular flexibility index (Phi) is 3.68. The SMILES string of the molecule is CCC1CCCCC1C(NN)C1CC1C. The average molecular weight is 210 g/mol. The van der Waals surface area contributed by atoms with Crippen molar-refractivity contribution >= 4 is 0 Å². The van der Waals surface area contributed by atoms with Crippen molar-refractivity contribution in [3.8, 4) is 0 Å². The lowest BCUT2D eigenvalue weighted by atomic mass is 9.73. The van der Waals surface area contributed by atoms with Crippen LogP contribution < -0.4 is 11.3 Å². The maximum atomic E-state index is 5.77. The van der Waals surface area contributed by atoms with Crippen LogP contribution in [-0.4, -0.2) is 6.04 Å². The number of nitrogens with one attached hydrogen (secondary N) is 1. The Bertz CT molecular complexity index is 205. The third-order valence-electron chi connectivity index (χ3n) is 4.78. The quantitative estimate of drug-likeness (QED) is 0.553. The van der Waals surface area contributed by atoms with E-state index in [4.69, 9.17) is 5.84 Å². The molecule has 2 heteroatoms. The summed E-state index contributed by atoms with van der Waals surface area (Å²) in [6.45, 7) is 4.70. The first-order chi connectivity index (χ1) is 7.27. The van der Waals surface area contributed by atoms with Crippen LogP contribution in [-0.2, 0) is 0 Å². The van der Waals surface area contributed by atoms with Gasteiger partial charge in [0.15, 0.2) is 0 Å². The lowest BCUT2D eigenvalue weighted by Gasteiger charge is -2.37. The number of nitrogens with two attached hydrogens (primary N) is 1. The van der Waals surface area contributed by atoms with Crippen molar-refractivity contribution < 1.29 is 0 Å². The number of hydrazine groups is 1. The Morgan fingerprint density at radius 2 is 1.93 bits per heavy atom. The van der Waals surface area contributed by atoms with Crippen LogP contribution in [0.3, 0.4) is 0 Å². The fourth-order valence-electron chi connectivity index (χ4n) is 3.63. The Hall–Kier alpha value is -0.0800. The van der Waals surface area contributed by atoms with Crippen molar-refractivity contribution in [1.82, 2.24) is 5.43 Å². The molecule has 0 aromatic heterocycles. The molecule has 2 aliphatic rings. The first-order valence-corrected chi connectivity index (χ1v) is 6.74. The smallest absolute Gasteiger partial charge is 0.0272 e. The molecule has 2 rings (SSSR count). The van der Waals surface area contributed by atoms with Gasteiger partial charge in [-0.05, 0) is 36.5 Å². The molecule has 3 N–H and O–H groups in total. The van der Waals surface area contributed by atoms with Gasteiger partial charge in [-0.3, -0.25) is 11.3 Å². The molecule has 0 aliphatic heterocycles. The van der Waals surface area contributed by atoms with E-state index in [1.54, 1.807) is 0 Å². The summed E-state index contributed by atoms with van der Waals surface area (Å²) in [6.07, 6.45) is 8.41. The van der Waals surface area contributed by atoms with E-state index in [9.17, 15) is 0 Å². The van der Waals surface area contributed by atoms with Crippen molar-refractivity contribution in [3.05, 3.63) is 0 Å². The highest BCUT2D eigenvalue weighted by molar-refractivity contribution is 4.97. The Labute approximate surface area is 94.0 Å². The van der Waals surface area contributed by atoms with E-state index >= 15 is 0 Å². The minimum atomic E-state index is 0.602. The van der Waals surface area contributed by atoms with Crippen molar-refractivity contribution in [1.29, 1.82) is 0 Å². The molecular formula is C13H26N2. The highest BCUT2D eigenvalue weighted by Gasteiger charge is 2.44. The predicted molar refractivity (Wildman–Crippen MR) is 64.1 cm³/mol. The second-order valence-electron chi connectivity index (χ2n) is 5.69. The summed E-state index contributed by atoms with van der Waals surface area (Å²) in [5.41, 5.74) is 3.13. The van der Waals surface area contributed by atoms with Crippen molar-refractivity contribution in [3.63, 3.8) is 0 Å². The standard InChI is InChI=1S/C13H26N2/c1-3-10-6-4-5-7-11(10)13(15-14)12-8-9(12)2/h9-13,15H,3-8,14H2,1-2H3. The molecule has 5 unspecified atom stereocenters. The van der Waals surface area contributed by atoms with E-state index in [2.05, 4.69) is 19.3 Å². The van der Waals surface area contributed by atoms with Crippen LogP contribution in [0.1, 0.15) is 52.4 Å². The molecule has 15 heavy (non-hydrogen) atoms. The van der Waals surface area contributed by atoms with Crippen molar-refractivity contribution in [2.45, 2.75) is 58.4 Å². The minimum absolute atomic E-state index is 0.602. The van der Waals surface area contributed by atoms with Gasteiger partial charge in [-0.2, -0.15) is 0 Å².